The van der Waals surface area contributed by atoms with Gasteiger partial charge in [-0.15, -0.1) is 11.3 Å². The van der Waals surface area contributed by atoms with Gasteiger partial charge >= 0.3 is 0 Å². The maximum Gasteiger partial charge on any atom is 0.257 e. The van der Waals surface area contributed by atoms with Crippen LogP contribution in [0.1, 0.15) is 28.8 Å². The van der Waals surface area contributed by atoms with Crippen LogP contribution in [0.3, 0.4) is 0 Å². The number of hydrogen-bond donors (Lipinski definition) is 2. The number of nitrogens with one attached hydrogen (secondary N) is 2. The van der Waals surface area contributed by atoms with Crippen molar-refractivity contribution in [2.45, 2.75) is 19.3 Å². The summed E-state index contributed by atoms with van der Waals surface area (Å²) in [4.78, 5) is 29.0. The number of nitrogens with zero attached hydrogens (tertiary/aromatic N) is 1. The maximum atomic E-state index is 12.7. The highest BCUT2D eigenvalue weighted by molar-refractivity contribution is 7.14. The Hall–Kier alpha value is -3.51. The van der Waals surface area contributed by atoms with Crippen LogP contribution in [0, 0.1) is 0 Å². The summed E-state index contributed by atoms with van der Waals surface area (Å²) in [5.41, 5.74) is 4.20. The van der Waals surface area contributed by atoms with Crippen LogP contribution < -0.4 is 10.6 Å². The van der Waals surface area contributed by atoms with E-state index in [0.717, 1.165) is 40.7 Å². The van der Waals surface area contributed by atoms with Crippen LogP contribution in [-0.4, -0.2) is 16.8 Å². The number of fused-ring (bicyclic) bond motifs is 2. The van der Waals surface area contributed by atoms with Crippen LogP contribution in [0.4, 0.5) is 10.8 Å². The molecule has 0 spiro atoms. The molecule has 30 heavy (non-hydrogen) atoms. The maximum absolute atomic E-state index is 12.7. The van der Waals surface area contributed by atoms with Crippen molar-refractivity contribution in [3.63, 3.8) is 0 Å². The first-order chi connectivity index (χ1) is 14.7. The Morgan fingerprint density at radius 3 is 2.77 bits per heavy atom. The van der Waals surface area contributed by atoms with E-state index in [9.17, 15) is 9.59 Å². The van der Waals surface area contributed by atoms with E-state index < -0.39 is 0 Å². The van der Waals surface area contributed by atoms with E-state index in [4.69, 9.17) is 0 Å². The van der Waals surface area contributed by atoms with Crippen molar-refractivity contribution < 1.29 is 9.59 Å². The summed E-state index contributed by atoms with van der Waals surface area (Å²) in [6, 6.07) is 19.8. The number of amides is 2. The van der Waals surface area contributed by atoms with Gasteiger partial charge in [0.05, 0.1) is 5.69 Å². The summed E-state index contributed by atoms with van der Waals surface area (Å²) >= 11 is 1.41. The molecule has 3 aromatic carbocycles. The third kappa shape index (κ3) is 3.69. The molecule has 5 rings (SSSR count). The van der Waals surface area contributed by atoms with Crippen LogP contribution in [0.25, 0.3) is 22.0 Å². The zero-order valence-corrected chi connectivity index (χ0v) is 17.0. The molecule has 4 aromatic rings. The zero-order chi connectivity index (χ0) is 20.5. The molecule has 2 heterocycles. The molecule has 0 unspecified atom stereocenters. The first-order valence-corrected chi connectivity index (χ1v) is 10.7. The van der Waals surface area contributed by atoms with Crippen molar-refractivity contribution in [3.05, 3.63) is 77.2 Å². The second kappa shape index (κ2) is 7.72. The number of aromatic nitrogens is 1. The molecule has 0 bridgehead atoms. The van der Waals surface area contributed by atoms with E-state index >= 15 is 0 Å². The van der Waals surface area contributed by atoms with Gasteiger partial charge in [0.25, 0.3) is 5.91 Å². The summed E-state index contributed by atoms with van der Waals surface area (Å²) in [6.07, 6.45) is 2.07. The van der Waals surface area contributed by atoms with E-state index in [2.05, 4.69) is 39.9 Å². The molecule has 0 radical (unpaired) electrons. The van der Waals surface area contributed by atoms with Crippen molar-refractivity contribution in [2.75, 3.05) is 10.6 Å². The third-order valence-corrected chi connectivity index (χ3v) is 6.02. The number of aryl methyl sites for hydroxylation is 1. The predicted octanol–water partition coefficient (Wildman–Crippen LogP) is 5.49. The minimum Gasteiger partial charge on any atom is -0.326 e. The van der Waals surface area contributed by atoms with Crippen LogP contribution in [0.5, 0.6) is 0 Å². The third-order valence-electron chi connectivity index (χ3n) is 5.26. The highest BCUT2D eigenvalue weighted by atomic mass is 32.1. The second-order valence-electron chi connectivity index (χ2n) is 7.33. The summed E-state index contributed by atoms with van der Waals surface area (Å²) in [7, 11) is 0. The van der Waals surface area contributed by atoms with Gasteiger partial charge in [-0.2, -0.15) is 0 Å². The molecule has 0 atom stereocenters. The van der Waals surface area contributed by atoms with Crippen molar-refractivity contribution in [1.82, 2.24) is 4.98 Å². The fourth-order valence-corrected chi connectivity index (χ4v) is 4.41. The van der Waals surface area contributed by atoms with Gasteiger partial charge < -0.3 is 5.32 Å². The molecule has 1 aliphatic rings. The minimum atomic E-state index is -0.201. The average molecular weight is 414 g/mol. The average Bonchev–Trinajstić information content (AvgIpc) is 3.14. The molecule has 1 aliphatic heterocycles. The Bertz CT molecular complexity index is 1280. The number of thiazole rings is 1. The van der Waals surface area contributed by atoms with Crippen LogP contribution in [0.2, 0.25) is 0 Å². The molecular weight excluding hydrogens is 394 g/mol. The van der Waals surface area contributed by atoms with Crippen molar-refractivity contribution in [1.29, 1.82) is 0 Å². The quantitative estimate of drug-likeness (QED) is 0.466. The molecule has 5 nitrogen and oxygen atoms in total. The van der Waals surface area contributed by atoms with Gasteiger partial charge in [0.1, 0.15) is 0 Å². The van der Waals surface area contributed by atoms with E-state index in [1.165, 1.54) is 16.7 Å². The van der Waals surface area contributed by atoms with Gasteiger partial charge in [0, 0.05) is 28.6 Å². The lowest BCUT2D eigenvalue weighted by Crippen LogP contribution is -2.13. The molecule has 0 aliphatic carbocycles. The molecule has 6 heteroatoms. The predicted molar refractivity (Wildman–Crippen MR) is 121 cm³/mol. The van der Waals surface area contributed by atoms with Gasteiger partial charge in [-0.1, -0.05) is 36.4 Å². The molecule has 0 saturated heterocycles. The van der Waals surface area contributed by atoms with Crippen LogP contribution in [0.15, 0.2) is 66.0 Å². The van der Waals surface area contributed by atoms with Crippen LogP contribution in [-0.2, 0) is 11.2 Å². The van der Waals surface area contributed by atoms with E-state index in [-0.39, 0.29) is 11.8 Å². The Morgan fingerprint density at radius 2 is 1.87 bits per heavy atom. The van der Waals surface area contributed by atoms with Gasteiger partial charge in [-0.05, 0) is 53.4 Å². The fraction of sp³-hybridized carbons (Fsp3) is 0.125. The van der Waals surface area contributed by atoms with Gasteiger partial charge in [0.2, 0.25) is 5.91 Å². The van der Waals surface area contributed by atoms with Crippen molar-refractivity contribution >= 4 is 44.7 Å². The Morgan fingerprint density at radius 1 is 1.00 bits per heavy atom. The SMILES string of the molecule is O=C1CCCc2cc(C(=O)Nc3nc(-c4ccc5ccccc5c4)cs3)ccc2N1. The van der Waals surface area contributed by atoms with E-state index in [0.29, 0.717) is 17.1 Å². The lowest BCUT2D eigenvalue weighted by molar-refractivity contribution is -0.116. The summed E-state index contributed by atoms with van der Waals surface area (Å²) in [5, 5.41) is 10.6. The highest BCUT2D eigenvalue weighted by Gasteiger charge is 2.16. The topological polar surface area (TPSA) is 71.1 Å². The lowest BCUT2D eigenvalue weighted by atomic mass is 10.0. The van der Waals surface area contributed by atoms with Crippen LogP contribution >= 0.6 is 11.3 Å². The lowest BCUT2D eigenvalue weighted by Gasteiger charge is -2.09. The number of rotatable bonds is 3. The smallest absolute Gasteiger partial charge is 0.257 e. The molecule has 2 N–H and O–H groups in total. The van der Waals surface area contributed by atoms with Gasteiger partial charge in [-0.3, -0.25) is 14.9 Å². The first-order valence-electron chi connectivity index (χ1n) is 9.84. The Kier molecular flexibility index (Phi) is 4.77. The number of carbonyl (C=O) groups excluding carboxylic acids is 2. The second-order valence-corrected chi connectivity index (χ2v) is 8.19. The minimum absolute atomic E-state index is 0.0231. The Labute approximate surface area is 177 Å². The summed E-state index contributed by atoms with van der Waals surface area (Å²) in [5.74, 6) is -0.178. The first kappa shape index (κ1) is 18.5. The number of carbonyl (C=O) groups is 2. The van der Waals surface area contributed by atoms with E-state index in [1.807, 2.05) is 29.6 Å². The Balaban J connectivity index is 1.35. The van der Waals surface area contributed by atoms with Gasteiger partial charge in [0.15, 0.2) is 5.13 Å². The van der Waals surface area contributed by atoms with E-state index in [1.54, 1.807) is 12.1 Å². The van der Waals surface area contributed by atoms with Gasteiger partial charge in [-0.25, -0.2) is 4.98 Å². The zero-order valence-electron chi connectivity index (χ0n) is 16.1. The highest BCUT2D eigenvalue weighted by Crippen LogP contribution is 2.28. The largest absolute Gasteiger partial charge is 0.326 e. The normalized spacial score (nSPS) is 13.4. The summed E-state index contributed by atoms with van der Waals surface area (Å²) in [6.45, 7) is 0. The molecule has 1 aromatic heterocycles. The molecule has 0 fully saturated rings. The molecule has 2 amide bonds. The number of hydrogen-bond acceptors (Lipinski definition) is 4. The molecule has 148 valence electrons. The number of benzene rings is 3. The molecule has 0 saturated carbocycles. The van der Waals surface area contributed by atoms with Crippen molar-refractivity contribution in [3.8, 4) is 11.3 Å². The summed E-state index contributed by atoms with van der Waals surface area (Å²) < 4.78 is 0. The number of anilines is 2. The monoisotopic (exact) mass is 413 g/mol. The standard InChI is InChI=1S/C24H19N3O2S/c28-22-7-3-6-17-13-19(10-11-20(17)25-22)23(29)27-24-26-21(14-30-24)18-9-8-15-4-1-2-5-16(15)12-18/h1-2,4-5,8-14H,3,6-7H2,(H,25,28)(H,26,27,29). The fourth-order valence-electron chi connectivity index (χ4n) is 3.70. The molecular formula is C24H19N3O2S. The van der Waals surface area contributed by atoms with Crippen molar-refractivity contribution in [2.24, 2.45) is 0 Å².